The Labute approximate surface area is 123 Å². The van der Waals surface area contributed by atoms with Gasteiger partial charge in [-0.3, -0.25) is 0 Å². The molecule has 4 heterocycles. The summed E-state index contributed by atoms with van der Waals surface area (Å²) in [7, 11) is 0. The number of ether oxygens (including phenoxy) is 1. The van der Waals surface area contributed by atoms with Gasteiger partial charge in [-0.05, 0) is 6.07 Å². The largest absolute Gasteiger partial charge is 0.378 e. The first kappa shape index (κ1) is 12.7. The van der Waals surface area contributed by atoms with Crippen LogP contribution >= 0.6 is 11.8 Å². The molecule has 0 spiro atoms. The van der Waals surface area contributed by atoms with Gasteiger partial charge in [-0.1, -0.05) is 0 Å². The van der Waals surface area contributed by atoms with Crippen molar-refractivity contribution in [1.82, 2.24) is 10.3 Å². The third kappa shape index (κ3) is 2.25. The van der Waals surface area contributed by atoms with Crippen molar-refractivity contribution in [1.29, 1.82) is 0 Å². The first-order valence-electron chi connectivity index (χ1n) is 7.35. The van der Waals surface area contributed by atoms with Gasteiger partial charge in [0.1, 0.15) is 5.82 Å². The molecule has 3 aliphatic heterocycles. The van der Waals surface area contributed by atoms with E-state index in [9.17, 15) is 0 Å². The summed E-state index contributed by atoms with van der Waals surface area (Å²) in [5, 5.41) is 3.47. The lowest BCUT2D eigenvalue weighted by Crippen LogP contribution is -2.54. The lowest BCUT2D eigenvalue weighted by atomic mass is 10.2. The zero-order valence-electron chi connectivity index (χ0n) is 11.5. The van der Waals surface area contributed by atoms with Crippen LogP contribution in [0.25, 0.3) is 0 Å². The highest BCUT2D eigenvalue weighted by atomic mass is 32.2. The minimum Gasteiger partial charge on any atom is -0.378 e. The van der Waals surface area contributed by atoms with Crippen molar-refractivity contribution >= 4 is 23.3 Å². The molecule has 1 N–H and O–H groups in total. The maximum atomic E-state index is 5.42. The van der Waals surface area contributed by atoms with E-state index in [4.69, 9.17) is 9.72 Å². The molecule has 0 amide bonds. The number of nitrogens with zero attached hydrogens (tertiary/aromatic N) is 3. The predicted octanol–water partition coefficient (Wildman–Crippen LogP) is 0.802. The van der Waals surface area contributed by atoms with Gasteiger partial charge in [-0.25, -0.2) is 4.98 Å². The Morgan fingerprint density at radius 3 is 3.10 bits per heavy atom. The van der Waals surface area contributed by atoms with Crippen molar-refractivity contribution in [2.24, 2.45) is 0 Å². The molecule has 0 aliphatic carbocycles. The molecule has 1 aromatic rings. The number of morpholine rings is 1. The Balaban J connectivity index is 1.61. The summed E-state index contributed by atoms with van der Waals surface area (Å²) in [6, 6.07) is 2.92. The van der Waals surface area contributed by atoms with Gasteiger partial charge >= 0.3 is 0 Å². The van der Waals surface area contributed by atoms with E-state index >= 15 is 0 Å². The van der Waals surface area contributed by atoms with Crippen molar-refractivity contribution in [2.45, 2.75) is 10.9 Å². The van der Waals surface area contributed by atoms with E-state index in [0.29, 0.717) is 6.04 Å². The molecule has 108 valence electrons. The lowest BCUT2D eigenvalue weighted by Gasteiger charge is -2.41. The molecule has 0 saturated carbocycles. The lowest BCUT2D eigenvalue weighted by molar-refractivity contribution is 0.122. The first-order chi connectivity index (χ1) is 9.92. The highest BCUT2D eigenvalue weighted by molar-refractivity contribution is 7.99. The van der Waals surface area contributed by atoms with E-state index in [1.54, 1.807) is 0 Å². The zero-order chi connectivity index (χ0) is 13.4. The van der Waals surface area contributed by atoms with Crippen LogP contribution in [0.15, 0.2) is 17.2 Å². The number of rotatable bonds is 1. The SMILES string of the molecule is c1nc2c(cc1N1CCOCC1)SC[C@@H]1CNCCN21. The fourth-order valence-corrected chi connectivity index (χ4v) is 4.29. The number of pyridine rings is 1. The number of nitrogens with one attached hydrogen (secondary N) is 1. The third-order valence-corrected chi connectivity index (χ3v) is 5.41. The highest BCUT2D eigenvalue weighted by Crippen LogP contribution is 2.38. The Bertz CT molecular complexity index is 492. The Kier molecular flexibility index (Phi) is 3.45. The molecule has 2 fully saturated rings. The normalized spacial score (nSPS) is 26.1. The molecule has 1 aromatic heterocycles. The van der Waals surface area contributed by atoms with Crippen molar-refractivity contribution in [2.75, 3.05) is 61.5 Å². The molecule has 0 unspecified atom stereocenters. The number of piperazine rings is 1. The topological polar surface area (TPSA) is 40.6 Å². The van der Waals surface area contributed by atoms with Crippen LogP contribution in [0, 0.1) is 0 Å². The van der Waals surface area contributed by atoms with Gasteiger partial charge in [-0.2, -0.15) is 0 Å². The number of hydrogen-bond acceptors (Lipinski definition) is 6. The van der Waals surface area contributed by atoms with Crippen LogP contribution in [0.3, 0.4) is 0 Å². The van der Waals surface area contributed by atoms with Crippen molar-refractivity contribution in [3.8, 4) is 0 Å². The van der Waals surface area contributed by atoms with Gasteiger partial charge in [-0.15, -0.1) is 11.8 Å². The maximum absolute atomic E-state index is 5.42. The number of hydrogen-bond donors (Lipinski definition) is 1. The number of aromatic nitrogens is 1. The van der Waals surface area contributed by atoms with Crippen LogP contribution in [0.5, 0.6) is 0 Å². The molecular formula is C14H20N4OS. The van der Waals surface area contributed by atoms with Gasteiger partial charge < -0.3 is 19.9 Å². The second-order valence-electron chi connectivity index (χ2n) is 5.48. The fraction of sp³-hybridized carbons (Fsp3) is 0.643. The Morgan fingerprint density at radius 1 is 1.30 bits per heavy atom. The van der Waals surface area contributed by atoms with Gasteiger partial charge in [0.2, 0.25) is 0 Å². The average molecular weight is 292 g/mol. The van der Waals surface area contributed by atoms with Crippen molar-refractivity contribution in [3.05, 3.63) is 12.3 Å². The van der Waals surface area contributed by atoms with Gasteiger partial charge in [0.15, 0.2) is 0 Å². The minimum atomic E-state index is 0.600. The summed E-state index contributed by atoms with van der Waals surface area (Å²) in [4.78, 5) is 11.0. The molecule has 6 heteroatoms. The molecular weight excluding hydrogens is 272 g/mol. The summed E-state index contributed by atoms with van der Waals surface area (Å²) in [5.41, 5.74) is 1.24. The van der Waals surface area contributed by atoms with Crippen LogP contribution in [0.4, 0.5) is 11.5 Å². The summed E-state index contributed by atoms with van der Waals surface area (Å²) in [6.45, 7) is 6.81. The van der Waals surface area contributed by atoms with Gasteiger partial charge in [0.05, 0.1) is 36.0 Å². The number of fused-ring (bicyclic) bond motifs is 3. The monoisotopic (exact) mass is 292 g/mol. The van der Waals surface area contributed by atoms with Gasteiger partial charge in [0, 0.05) is 38.5 Å². The van der Waals surface area contributed by atoms with Crippen LogP contribution in [-0.2, 0) is 4.74 Å². The van der Waals surface area contributed by atoms with Crippen LogP contribution in [-0.4, -0.2) is 62.7 Å². The average Bonchev–Trinajstić information content (AvgIpc) is 2.55. The first-order valence-corrected chi connectivity index (χ1v) is 8.33. The highest BCUT2D eigenvalue weighted by Gasteiger charge is 2.30. The van der Waals surface area contributed by atoms with Gasteiger partial charge in [0.25, 0.3) is 0 Å². The molecule has 20 heavy (non-hydrogen) atoms. The number of anilines is 2. The van der Waals surface area contributed by atoms with Crippen molar-refractivity contribution in [3.63, 3.8) is 0 Å². The summed E-state index contributed by atoms with van der Waals surface area (Å²) in [5.74, 6) is 2.35. The quantitative estimate of drug-likeness (QED) is 0.826. The Hall–Kier alpha value is -0.980. The number of thioether (sulfide) groups is 1. The van der Waals surface area contributed by atoms with Crippen LogP contribution in [0.2, 0.25) is 0 Å². The van der Waals surface area contributed by atoms with E-state index in [0.717, 1.165) is 51.7 Å². The molecule has 0 bridgehead atoms. The molecule has 4 rings (SSSR count). The maximum Gasteiger partial charge on any atom is 0.142 e. The predicted molar refractivity (Wildman–Crippen MR) is 82.0 cm³/mol. The summed E-state index contributed by atoms with van der Waals surface area (Å²) in [6.07, 6.45) is 2.04. The smallest absolute Gasteiger partial charge is 0.142 e. The third-order valence-electron chi connectivity index (χ3n) is 4.25. The van der Waals surface area contributed by atoms with Crippen LogP contribution < -0.4 is 15.1 Å². The van der Waals surface area contributed by atoms with E-state index in [1.807, 2.05) is 18.0 Å². The van der Waals surface area contributed by atoms with E-state index in [2.05, 4.69) is 21.2 Å². The van der Waals surface area contributed by atoms with Crippen LogP contribution in [0.1, 0.15) is 0 Å². The summed E-state index contributed by atoms with van der Waals surface area (Å²) >= 11 is 1.95. The second-order valence-corrected chi connectivity index (χ2v) is 6.54. The molecule has 2 saturated heterocycles. The van der Waals surface area contributed by atoms with E-state index in [-0.39, 0.29) is 0 Å². The second kappa shape index (κ2) is 5.42. The van der Waals surface area contributed by atoms with Crippen molar-refractivity contribution < 1.29 is 4.74 Å². The Morgan fingerprint density at radius 2 is 2.20 bits per heavy atom. The minimum absolute atomic E-state index is 0.600. The zero-order valence-corrected chi connectivity index (χ0v) is 12.4. The molecule has 1 atom stereocenters. The molecule has 3 aliphatic rings. The molecule has 0 radical (unpaired) electrons. The fourth-order valence-electron chi connectivity index (χ4n) is 3.12. The molecule has 5 nitrogen and oxygen atoms in total. The van der Waals surface area contributed by atoms with E-state index in [1.165, 1.54) is 16.4 Å². The standard InChI is InChI=1S/C14H20N4OS/c1-2-18-12(8-15-1)10-20-13-7-11(9-16-14(13)18)17-3-5-19-6-4-17/h7,9,12,15H,1-6,8,10H2/t12-/m0/s1. The summed E-state index contributed by atoms with van der Waals surface area (Å²) < 4.78 is 5.42. The van der Waals surface area contributed by atoms with E-state index < -0.39 is 0 Å². The molecule has 0 aromatic carbocycles.